The van der Waals surface area contributed by atoms with Gasteiger partial charge in [0, 0.05) is 47.0 Å². The van der Waals surface area contributed by atoms with Crippen LogP contribution in [0.4, 0.5) is 11.4 Å². The van der Waals surface area contributed by atoms with Gasteiger partial charge in [0.2, 0.25) is 0 Å². The first-order valence-electron chi connectivity index (χ1n) is 15.7. The Morgan fingerprint density at radius 2 is 1.57 bits per heavy atom. The minimum absolute atomic E-state index is 0.118. The first-order chi connectivity index (χ1) is 21.1. The topological polar surface area (TPSA) is 15.3 Å². The SMILES string of the molecule is C=C(/C=C/C1=C(Cl)C(=C/C=C2/N(C)c3ccc4ccccc4c3C2(C)C)/CCC1)C(C)(C)c1c(NC)ccc2ccccc12. The molecule has 4 aromatic carbocycles. The fourth-order valence-electron chi connectivity index (χ4n) is 7.30. The van der Waals surface area contributed by atoms with Gasteiger partial charge in [-0.3, -0.25) is 0 Å². The molecule has 0 spiro atoms. The second-order valence-corrected chi connectivity index (χ2v) is 13.6. The lowest BCUT2D eigenvalue weighted by atomic mass is 9.75. The molecule has 224 valence electrons. The highest BCUT2D eigenvalue weighted by atomic mass is 35.5. The maximum atomic E-state index is 7.13. The largest absolute Gasteiger partial charge is 0.388 e. The monoisotopic (exact) mass is 598 g/mol. The van der Waals surface area contributed by atoms with Crippen LogP contribution in [-0.2, 0) is 10.8 Å². The second kappa shape index (κ2) is 11.5. The summed E-state index contributed by atoms with van der Waals surface area (Å²) in [5.74, 6) is 0. The Morgan fingerprint density at radius 3 is 2.30 bits per heavy atom. The zero-order chi connectivity index (χ0) is 31.2. The third kappa shape index (κ3) is 5.00. The summed E-state index contributed by atoms with van der Waals surface area (Å²) in [6.45, 7) is 13.8. The first-order valence-corrected chi connectivity index (χ1v) is 16.1. The van der Waals surface area contributed by atoms with Crippen molar-refractivity contribution in [1.82, 2.24) is 0 Å². The average Bonchev–Trinajstić information content (AvgIpc) is 3.22. The molecule has 1 aliphatic carbocycles. The maximum absolute atomic E-state index is 7.13. The lowest BCUT2D eigenvalue weighted by Crippen LogP contribution is -2.22. The fraction of sp³-hybridized carbons (Fsp3) is 0.268. The summed E-state index contributed by atoms with van der Waals surface area (Å²) in [5, 5.41) is 9.39. The van der Waals surface area contributed by atoms with E-state index in [0.717, 1.165) is 35.6 Å². The van der Waals surface area contributed by atoms with Gasteiger partial charge in [-0.1, -0.05) is 125 Å². The van der Waals surface area contributed by atoms with Crippen molar-refractivity contribution in [3.05, 3.63) is 142 Å². The van der Waals surface area contributed by atoms with Crippen LogP contribution in [0.25, 0.3) is 21.5 Å². The molecule has 0 radical (unpaired) electrons. The zero-order valence-electron chi connectivity index (χ0n) is 26.9. The van der Waals surface area contributed by atoms with E-state index in [9.17, 15) is 0 Å². The maximum Gasteiger partial charge on any atom is 0.0469 e. The van der Waals surface area contributed by atoms with E-state index < -0.39 is 0 Å². The lowest BCUT2D eigenvalue weighted by Gasteiger charge is -2.30. The number of benzene rings is 4. The summed E-state index contributed by atoms with van der Waals surface area (Å²) in [6.07, 6.45) is 12.0. The smallest absolute Gasteiger partial charge is 0.0469 e. The number of fused-ring (bicyclic) bond motifs is 4. The van der Waals surface area contributed by atoms with Crippen molar-refractivity contribution < 1.29 is 0 Å². The molecule has 0 saturated carbocycles. The van der Waals surface area contributed by atoms with Crippen molar-refractivity contribution in [2.24, 2.45) is 0 Å². The number of anilines is 2. The molecule has 1 heterocycles. The Balaban J connectivity index is 1.31. The molecule has 2 aliphatic rings. The van der Waals surface area contributed by atoms with Gasteiger partial charge in [0.25, 0.3) is 0 Å². The first kappa shape index (κ1) is 30.0. The Hall–Kier alpha value is -4.01. The van der Waals surface area contributed by atoms with Gasteiger partial charge >= 0.3 is 0 Å². The van der Waals surface area contributed by atoms with Crippen LogP contribution in [0.1, 0.15) is 58.1 Å². The summed E-state index contributed by atoms with van der Waals surface area (Å²) in [7, 11) is 4.17. The van der Waals surface area contributed by atoms with E-state index in [0.29, 0.717) is 0 Å². The average molecular weight is 599 g/mol. The molecule has 1 aliphatic heterocycles. The van der Waals surface area contributed by atoms with E-state index in [2.05, 4.69) is 149 Å². The summed E-state index contributed by atoms with van der Waals surface area (Å²) >= 11 is 7.13. The van der Waals surface area contributed by atoms with E-state index in [1.165, 1.54) is 55.2 Å². The van der Waals surface area contributed by atoms with Crippen molar-refractivity contribution in [1.29, 1.82) is 0 Å². The highest BCUT2D eigenvalue weighted by Crippen LogP contribution is 2.50. The number of hydrogen-bond donors (Lipinski definition) is 1. The molecule has 1 N–H and O–H groups in total. The minimum Gasteiger partial charge on any atom is -0.388 e. The number of hydrogen-bond acceptors (Lipinski definition) is 2. The zero-order valence-corrected chi connectivity index (χ0v) is 27.6. The quantitative estimate of drug-likeness (QED) is 0.222. The van der Waals surface area contributed by atoms with Crippen LogP contribution < -0.4 is 10.2 Å². The molecule has 6 rings (SSSR count). The molecule has 2 nitrogen and oxygen atoms in total. The van der Waals surface area contributed by atoms with Gasteiger partial charge in [0.1, 0.15) is 0 Å². The van der Waals surface area contributed by atoms with E-state index in [-0.39, 0.29) is 10.8 Å². The summed E-state index contributed by atoms with van der Waals surface area (Å²) in [5.41, 5.74) is 9.39. The highest BCUT2D eigenvalue weighted by molar-refractivity contribution is 6.32. The van der Waals surface area contributed by atoms with Gasteiger partial charge < -0.3 is 10.2 Å². The van der Waals surface area contributed by atoms with Crippen LogP contribution >= 0.6 is 11.6 Å². The van der Waals surface area contributed by atoms with Crippen LogP contribution in [0, 0.1) is 0 Å². The van der Waals surface area contributed by atoms with E-state index in [4.69, 9.17) is 11.6 Å². The molecule has 3 heteroatoms. The number of nitrogens with one attached hydrogen (secondary N) is 1. The standard InChI is InChI=1S/C41H43ClN2/c1-27(40(2,3)37-32-17-10-8-13-28(32)21-24-34(37)43-6)19-20-30-15-12-16-31(39(30)42)23-26-36-41(4,5)38-33-18-11-9-14-29(33)22-25-35(38)44(36)7/h8-11,13-14,17-26,43H,1,12,15-16H2,2-7H3/b20-19+,31-23+,36-26+. The molecule has 44 heavy (non-hydrogen) atoms. The minimum atomic E-state index is -0.279. The highest BCUT2D eigenvalue weighted by Gasteiger charge is 2.39. The van der Waals surface area contributed by atoms with Gasteiger partial charge in [0.05, 0.1) is 0 Å². The van der Waals surface area contributed by atoms with E-state index in [1.54, 1.807) is 0 Å². The van der Waals surface area contributed by atoms with Crippen LogP contribution in [0.2, 0.25) is 0 Å². The molecular formula is C41H43ClN2. The van der Waals surface area contributed by atoms with Crippen molar-refractivity contribution in [3.63, 3.8) is 0 Å². The molecule has 0 atom stereocenters. The Morgan fingerprint density at radius 1 is 0.909 bits per heavy atom. The van der Waals surface area contributed by atoms with Crippen molar-refractivity contribution in [3.8, 4) is 0 Å². The van der Waals surface area contributed by atoms with Crippen LogP contribution in [0.5, 0.6) is 0 Å². The molecule has 0 saturated heterocycles. The normalized spacial score (nSPS) is 18.7. The summed E-state index contributed by atoms with van der Waals surface area (Å²) < 4.78 is 0. The molecule has 0 aromatic heterocycles. The van der Waals surface area contributed by atoms with Gasteiger partial charge in [0.15, 0.2) is 0 Å². The van der Waals surface area contributed by atoms with E-state index in [1.807, 2.05) is 7.05 Å². The predicted molar refractivity (Wildman–Crippen MR) is 193 cm³/mol. The molecular weight excluding hydrogens is 556 g/mol. The molecule has 0 amide bonds. The van der Waals surface area contributed by atoms with E-state index >= 15 is 0 Å². The number of nitrogens with zero attached hydrogens (tertiary/aromatic N) is 1. The lowest BCUT2D eigenvalue weighted by molar-refractivity contribution is 0.645. The van der Waals surface area contributed by atoms with Gasteiger partial charge in [-0.05, 0) is 86.9 Å². The van der Waals surface area contributed by atoms with Gasteiger partial charge in [-0.25, -0.2) is 0 Å². The molecule has 0 bridgehead atoms. The third-order valence-corrected chi connectivity index (χ3v) is 10.4. The van der Waals surface area contributed by atoms with Crippen LogP contribution in [0.15, 0.2) is 131 Å². The second-order valence-electron chi connectivity index (χ2n) is 13.2. The number of allylic oxidation sites excluding steroid dienone is 9. The van der Waals surface area contributed by atoms with Crippen LogP contribution in [-0.4, -0.2) is 14.1 Å². The van der Waals surface area contributed by atoms with Crippen molar-refractivity contribution >= 4 is 44.5 Å². The number of likely N-dealkylation sites (N-methyl/N-ethyl adjacent to an activating group) is 1. The van der Waals surface area contributed by atoms with Crippen molar-refractivity contribution in [2.45, 2.75) is 57.8 Å². The van der Waals surface area contributed by atoms with Gasteiger partial charge in [-0.2, -0.15) is 0 Å². The third-order valence-electron chi connectivity index (χ3n) is 9.91. The Labute approximate surface area is 268 Å². The number of rotatable bonds is 6. The molecule has 0 fully saturated rings. The van der Waals surface area contributed by atoms with Crippen molar-refractivity contribution in [2.75, 3.05) is 24.3 Å². The summed E-state index contributed by atoms with van der Waals surface area (Å²) in [4.78, 5) is 2.35. The predicted octanol–water partition coefficient (Wildman–Crippen LogP) is 11.3. The Bertz CT molecular complexity index is 1910. The summed E-state index contributed by atoms with van der Waals surface area (Å²) in [6, 6.07) is 26.1. The number of halogens is 1. The Kier molecular flexibility index (Phi) is 7.84. The fourth-order valence-corrected chi connectivity index (χ4v) is 7.62. The molecule has 0 unspecified atom stereocenters. The van der Waals surface area contributed by atoms with Crippen LogP contribution in [0.3, 0.4) is 0 Å². The molecule has 4 aromatic rings. The van der Waals surface area contributed by atoms with Gasteiger partial charge in [-0.15, -0.1) is 0 Å².